The summed E-state index contributed by atoms with van der Waals surface area (Å²) >= 11 is 6.23. The van der Waals surface area contributed by atoms with Gasteiger partial charge < -0.3 is 14.2 Å². The number of halogens is 1. The van der Waals surface area contributed by atoms with Crippen LogP contribution < -0.4 is 24.4 Å². The molecule has 0 bridgehead atoms. The van der Waals surface area contributed by atoms with Crippen molar-refractivity contribution in [3.8, 4) is 11.5 Å². The van der Waals surface area contributed by atoms with Gasteiger partial charge in [-0.2, -0.15) is 0 Å². The molecule has 0 saturated carbocycles. The van der Waals surface area contributed by atoms with Gasteiger partial charge in [0.05, 0.1) is 41.1 Å². The van der Waals surface area contributed by atoms with Gasteiger partial charge in [-0.1, -0.05) is 17.4 Å². The van der Waals surface area contributed by atoms with Gasteiger partial charge >= 0.3 is 5.97 Å². The molecule has 3 aromatic rings. The fourth-order valence-electron chi connectivity index (χ4n) is 3.64. The zero-order valence-corrected chi connectivity index (χ0v) is 21.6. The molecule has 0 fully saturated rings. The smallest absolute Gasteiger partial charge is 0.338 e. The Morgan fingerprint density at radius 2 is 2.03 bits per heavy atom. The molecule has 10 heteroatoms. The molecule has 33 heavy (non-hydrogen) atoms. The minimum Gasteiger partial charge on any atom is -0.496 e. The summed E-state index contributed by atoms with van der Waals surface area (Å²) in [7, 11) is 3.14. The second kappa shape index (κ2) is 9.66. The highest BCUT2D eigenvalue weighted by Crippen LogP contribution is 2.34. The second-order valence-electron chi connectivity index (χ2n) is 7.05. The highest BCUT2D eigenvalue weighted by atomic mass is 79.9. The lowest BCUT2D eigenvalue weighted by molar-refractivity contribution is -0.139. The van der Waals surface area contributed by atoms with Crippen LogP contribution in [0.1, 0.15) is 30.3 Å². The van der Waals surface area contributed by atoms with Crippen molar-refractivity contribution in [2.75, 3.05) is 20.8 Å². The first kappa shape index (κ1) is 23.5. The summed E-state index contributed by atoms with van der Waals surface area (Å²) in [6.45, 7) is 3.76. The van der Waals surface area contributed by atoms with Crippen LogP contribution >= 0.6 is 38.6 Å². The van der Waals surface area contributed by atoms with E-state index >= 15 is 0 Å². The van der Waals surface area contributed by atoms with Crippen molar-refractivity contribution in [1.29, 1.82) is 0 Å². The maximum atomic E-state index is 13.6. The third kappa shape index (κ3) is 4.30. The van der Waals surface area contributed by atoms with Gasteiger partial charge in [-0.25, -0.2) is 9.79 Å². The van der Waals surface area contributed by atoms with Gasteiger partial charge in [0.15, 0.2) is 4.80 Å². The lowest BCUT2D eigenvalue weighted by atomic mass is 10.0. The fourth-order valence-corrected chi connectivity index (χ4v) is 6.03. The average molecular weight is 549 g/mol. The van der Waals surface area contributed by atoms with Crippen molar-refractivity contribution in [3.63, 3.8) is 0 Å². The van der Waals surface area contributed by atoms with Gasteiger partial charge in [-0.3, -0.25) is 9.36 Å². The van der Waals surface area contributed by atoms with E-state index < -0.39 is 12.0 Å². The highest BCUT2D eigenvalue weighted by Gasteiger charge is 2.33. The molecule has 0 unspecified atom stereocenters. The first-order valence-corrected chi connectivity index (χ1v) is 12.5. The number of allylic oxidation sites excluding steroid dienone is 1. The summed E-state index contributed by atoms with van der Waals surface area (Å²) in [6.07, 6.45) is 1.77. The minimum absolute atomic E-state index is 0.236. The molecule has 0 aliphatic carbocycles. The van der Waals surface area contributed by atoms with Crippen molar-refractivity contribution in [1.82, 2.24) is 4.57 Å². The monoisotopic (exact) mass is 548 g/mol. The number of benzene rings is 1. The number of rotatable bonds is 6. The molecule has 7 nitrogen and oxygen atoms in total. The van der Waals surface area contributed by atoms with Crippen molar-refractivity contribution in [2.24, 2.45) is 4.99 Å². The van der Waals surface area contributed by atoms with Crippen LogP contribution in [-0.4, -0.2) is 31.4 Å². The third-order valence-electron chi connectivity index (χ3n) is 5.12. The Balaban J connectivity index is 1.94. The van der Waals surface area contributed by atoms with Gasteiger partial charge in [0.25, 0.3) is 5.56 Å². The minimum atomic E-state index is -0.591. The first-order chi connectivity index (χ1) is 15.9. The summed E-state index contributed by atoms with van der Waals surface area (Å²) in [5, 5.41) is 1.92. The number of hydrogen-bond acceptors (Lipinski definition) is 8. The van der Waals surface area contributed by atoms with Crippen molar-refractivity contribution < 1.29 is 19.0 Å². The maximum absolute atomic E-state index is 13.6. The predicted octanol–water partition coefficient (Wildman–Crippen LogP) is 3.64. The molecule has 2 aromatic heterocycles. The fraction of sp³-hybridized carbons (Fsp3) is 0.261. The van der Waals surface area contributed by atoms with Gasteiger partial charge in [-0.15, -0.1) is 11.3 Å². The van der Waals surface area contributed by atoms with E-state index in [1.807, 2.05) is 23.6 Å². The Bertz CT molecular complexity index is 1420. The van der Waals surface area contributed by atoms with Crippen molar-refractivity contribution in [2.45, 2.75) is 19.9 Å². The van der Waals surface area contributed by atoms with Gasteiger partial charge in [0.2, 0.25) is 0 Å². The Hall–Kier alpha value is -2.69. The number of thiazole rings is 1. The average Bonchev–Trinajstić information content (AvgIpc) is 3.42. The normalized spacial score (nSPS) is 15.8. The molecule has 1 aliphatic rings. The van der Waals surface area contributed by atoms with Gasteiger partial charge in [0, 0.05) is 16.5 Å². The number of carbonyl (C=O) groups excluding carboxylic acids is 1. The Morgan fingerprint density at radius 3 is 2.67 bits per heavy atom. The Labute approximate surface area is 206 Å². The Morgan fingerprint density at radius 1 is 1.27 bits per heavy atom. The topological polar surface area (TPSA) is 79.1 Å². The van der Waals surface area contributed by atoms with E-state index in [9.17, 15) is 9.59 Å². The molecule has 1 aliphatic heterocycles. The quantitative estimate of drug-likeness (QED) is 0.439. The van der Waals surface area contributed by atoms with E-state index in [4.69, 9.17) is 14.2 Å². The zero-order valence-electron chi connectivity index (χ0n) is 18.4. The second-order valence-corrected chi connectivity index (χ2v) is 9.89. The van der Waals surface area contributed by atoms with Crippen LogP contribution in [0.3, 0.4) is 0 Å². The number of nitrogens with zero attached hydrogens (tertiary/aromatic N) is 2. The van der Waals surface area contributed by atoms with E-state index in [1.54, 1.807) is 44.8 Å². The number of esters is 1. The lowest BCUT2D eigenvalue weighted by Gasteiger charge is -2.23. The third-order valence-corrected chi connectivity index (χ3v) is 7.65. The van der Waals surface area contributed by atoms with Crippen LogP contribution in [0, 0.1) is 0 Å². The van der Waals surface area contributed by atoms with E-state index in [0.717, 1.165) is 9.35 Å². The van der Waals surface area contributed by atoms with Crippen LogP contribution in [0.5, 0.6) is 11.5 Å². The molecular formula is C23H21BrN2O5S2. The number of fused-ring (bicyclic) bond motifs is 1. The number of ether oxygens (including phenoxy) is 3. The van der Waals surface area contributed by atoms with E-state index in [0.29, 0.717) is 37.7 Å². The highest BCUT2D eigenvalue weighted by molar-refractivity contribution is 9.10. The summed E-state index contributed by atoms with van der Waals surface area (Å²) in [5.41, 5.74) is 1.40. The molecule has 172 valence electrons. The molecule has 0 N–H and O–H groups in total. The molecule has 0 radical (unpaired) electrons. The molecule has 0 spiro atoms. The summed E-state index contributed by atoms with van der Waals surface area (Å²) in [6, 6.07) is 6.81. The number of hydrogen-bond donors (Lipinski definition) is 0. The predicted molar refractivity (Wildman–Crippen MR) is 132 cm³/mol. The van der Waals surface area contributed by atoms with Crippen LogP contribution in [0.15, 0.2) is 55.2 Å². The van der Waals surface area contributed by atoms with E-state index in [1.165, 1.54) is 22.7 Å². The van der Waals surface area contributed by atoms with E-state index in [-0.39, 0.29) is 12.2 Å². The maximum Gasteiger partial charge on any atom is 0.338 e. The standard InChI is InChI=1S/C23H21BrN2O5S2/c1-5-31-22(28)19-12(2)25-23-26(20(19)17-7-6-8-32-17)21(27)18(33-23)10-13-9-14(24)16(30-4)11-15(13)29-3/h6-11,20H,5H2,1-4H3/t20-/m1/s1. The van der Waals surface area contributed by atoms with Crippen molar-refractivity contribution >= 4 is 50.6 Å². The molecule has 1 atom stereocenters. The molecule has 3 heterocycles. The van der Waals surface area contributed by atoms with Crippen LogP contribution in [-0.2, 0) is 9.53 Å². The summed E-state index contributed by atoms with van der Waals surface area (Å²) in [4.78, 5) is 32.4. The largest absolute Gasteiger partial charge is 0.496 e. The van der Waals surface area contributed by atoms with Crippen LogP contribution in [0.2, 0.25) is 0 Å². The molecule has 4 rings (SSSR count). The number of carbonyl (C=O) groups is 1. The number of aromatic nitrogens is 1. The molecule has 0 saturated heterocycles. The molecule has 0 amide bonds. The van der Waals surface area contributed by atoms with Gasteiger partial charge in [-0.05, 0) is 53.4 Å². The van der Waals surface area contributed by atoms with Crippen molar-refractivity contribution in [3.05, 3.63) is 75.5 Å². The Kier molecular flexibility index (Phi) is 6.87. The van der Waals surface area contributed by atoms with Crippen LogP contribution in [0.25, 0.3) is 6.08 Å². The summed E-state index contributed by atoms with van der Waals surface area (Å²) in [5.74, 6) is 0.726. The van der Waals surface area contributed by atoms with Crippen LogP contribution in [0.4, 0.5) is 0 Å². The summed E-state index contributed by atoms with van der Waals surface area (Å²) < 4.78 is 18.9. The SMILES string of the molecule is CCOC(=O)C1=C(C)N=c2sc(=Cc3cc(Br)c(OC)cc3OC)c(=O)n2[C@@H]1c1cccs1. The van der Waals surface area contributed by atoms with E-state index in [2.05, 4.69) is 20.9 Å². The first-order valence-electron chi connectivity index (χ1n) is 10.0. The molecule has 1 aromatic carbocycles. The number of thiophene rings is 1. The lowest BCUT2D eigenvalue weighted by Crippen LogP contribution is -2.39. The molecular weight excluding hydrogens is 528 g/mol. The number of methoxy groups -OCH3 is 2. The zero-order chi connectivity index (χ0) is 23.7. The van der Waals surface area contributed by atoms with Gasteiger partial charge in [0.1, 0.15) is 17.5 Å².